The monoisotopic (exact) mass is 383 g/mol. The van der Waals surface area contributed by atoms with Gasteiger partial charge in [-0.05, 0) is 48.6 Å². The number of piperidine rings is 1. The molecule has 1 saturated heterocycles. The van der Waals surface area contributed by atoms with Gasteiger partial charge in [0.15, 0.2) is 0 Å². The van der Waals surface area contributed by atoms with Crippen molar-refractivity contribution in [3.63, 3.8) is 0 Å². The summed E-state index contributed by atoms with van der Waals surface area (Å²) in [6.07, 6.45) is 3.12. The van der Waals surface area contributed by atoms with Gasteiger partial charge in [-0.1, -0.05) is 30.3 Å². The SMILES string of the molecule is COc1ccc(OC)c(CCC(=O)N2CCC(OCc3ccccc3)CC2)c1. The lowest BCUT2D eigenvalue weighted by atomic mass is 10.0. The number of hydrogen-bond acceptors (Lipinski definition) is 4. The van der Waals surface area contributed by atoms with E-state index in [1.807, 2.05) is 41.3 Å². The summed E-state index contributed by atoms with van der Waals surface area (Å²) in [5, 5.41) is 0. The van der Waals surface area contributed by atoms with E-state index in [1.165, 1.54) is 5.56 Å². The smallest absolute Gasteiger partial charge is 0.222 e. The van der Waals surface area contributed by atoms with Gasteiger partial charge in [0.05, 0.1) is 26.9 Å². The van der Waals surface area contributed by atoms with E-state index in [1.54, 1.807) is 14.2 Å². The molecule has 2 aromatic carbocycles. The quantitative estimate of drug-likeness (QED) is 0.695. The van der Waals surface area contributed by atoms with E-state index in [4.69, 9.17) is 14.2 Å². The third-order valence-electron chi connectivity index (χ3n) is 5.22. The van der Waals surface area contributed by atoms with Crippen molar-refractivity contribution in [3.05, 3.63) is 59.7 Å². The number of amides is 1. The van der Waals surface area contributed by atoms with Crippen molar-refractivity contribution in [2.75, 3.05) is 27.3 Å². The van der Waals surface area contributed by atoms with Crippen molar-refractivity contribution >= 4 is 5.91 Å². The molecule has 1 aliphatic rings. The van der Waals surface area contributed by atoms with Crippen LogP contribution in [-0.4, -0.2) is 44.2 Å². The van der Waals surface area contributed by atoms with Crippen LogP contribution in [0.25, 0.3) is 0 Å². The second-order valence-corrected chi connectivity index (χ2v) is 7.05. The van der Waals surface area contributed by atoms with Gasteiger partial charge < -0.3 is 19.1 Å². The summed E-state index contributed by atoms with van der Waals surface area (Å²) in [6.45, 7) is 2.15. The molecule has 150 valence electrons. The van der Waals surface area contributed by atoms with Crippen molar-refractivity contribution in [3.8, 4) is 11.5 Å². The van der Waals surface area contributed by atoms with E-state index >= 15 is 0 Å². The first kappa shape index (κ1) is 20.2. The van der Waals surface area contributed by atoms with Crippen LogP contribution in [0, 0.1) is 0 Å². The fourth-order valence-corrected chi connectivity index (χ4v) is 3.54. The second-order valence-electron chi connectivity index (χ2n) is 7.05. The zero-order valence-corrected chi connectivity index (χ0v) is 16.7. The minimum Gasteiger partial charge on any atom is -0.497 e. The summed E-state index contributed by atoms with van der Waals surface area (Å²) in [4.78, 5) is 14.6. The number of aryl methyl sites for hydroxylation is 1. The molecule has 0 aromatic heterocycles. The van der Waals surface area contributed by atoms with Gasteiger partial charge in [-0.2, -0.15) is 0 Å². The molecule has 0 aliphatic carbocycles. The standard InChI is InChI=1S/C23H29NO4/c1-26-21-9-10-22(27-2)19(16-21)8-11-23(25)24-14-12-20(13-15-24)28-17-18-6-4-3-5-7-18/h3-7,9-10,16,20H,8,11-15,17H2,1-2H3. The summed E-state index contributed by atoms with van der Waals surface area (Å²) in [7, 11) is 3.29. The minimum atomic E-state index is 0.186. The lowest BCUT2D eigenvalue weighted by Crippen LogP contribution is -2.40. The fourth-order valence-electron chi connectivity index (χ4n) is 3.54. The Labute approximate surface area is 167 Å². The molecule has 2 aromatic rings. The molecule has 1 amide bonds. The zero-order valence-electron chi connectivity index (χ0n) is 16.7. The third kappa shape index (κ3) is 5.49. The van der Waals surface area contributed by atoms with E-state index < -0.39 is 0 Å². The predicted octanol–water partition coefficient (Wildman–Crippen LogP) is 3.84. The Balaban J connectivity index is 1.44. The summed E-state index contributed by atoms with van der Waals surface area (Å²) < 4.78 is 16.7. The number of hydrogen-bond donors (Lipinski definition) is 0. The predicted molar refractivity (Wildman–Crippen MR) is 109 cm³/mol. The molecule has 1 fully saturated rings. The number of carbonyl (C=O) groups is 1. The first-order chi connectivity index (χ1) is 13.7. The molecule has 1 heterocycles. The Kier molecular flexibility index (Phi) is 7.31. The van der Waals surface area contributed by atoms with Crippen LogP contribution >= 0.6 is 0 Å². The highest BCUT2D eigenvalue weighted by Crippen LogP contribution is 2.25. The van der Waals surface area contributed by atoms with Gasteiger partial charge in [0, 0.05) is 19.5 Å². The van der Waals surface area contributed by atoms with Crippen LogP contribution in [0.1, 0.15) is 30.4 Å². The molecule has 28 heavy (non-hydrogen) atoms. The summed E-state index contributed by atoms with van der Waals surface area (Å²) >= 11 is 0. The van der Waals surface area contributed by atoms with Crippen LogP contribution in [-0.2, 0) is 22.6 Å². The molecule has 5 nitrogen and oxygen atoms in total. The summed E-state index contributed by atoms with van der Waals surface area (Å²) in [5.74, 6) is 1.76. The normalized spacial score (nSPS) is 14.7. The molecule has 0 radical (unpaired) electrons. The van der Waals surface area contributed by atoms with E-state index in [0.717, 1.165) is 43.0 Å². The van der Waals surface area contributed by atoms with Crippen LogP contribution in [0.5, 0.6) is 11.5 Å². The highest BCUT2D eigenvalue weighted by molar-refractivity contribution is 5.76. The van der Waals surface area contributed by atoms with Gasteiger partial charge in [-0.15, -0.1) is 0 Å². The number of ether oxygens (including phenoxy) is 3. The van der Waals surface area contributed by atoms with Crippen LogP contribution in [0.3, 0.4) is 0 Å². The average Bonchev–Trinajstić information content (AvgIpc) is 2.76. The van der Waals surface area contributed by atoms with Gasteiger partial charge in [-0.3, -0.25) is 4.79 Å². The van der Waals surface area contributed by atoms with Crippen molar-refractivity contribution in [2.45, 2.75) is 38.4 Å². The van der Waals surface area contributed by atoms with Crippen LogP contribution in [0.15, 0.2) is 48.5 Å². The molecule has 0 saturated carbocycles. The Hall–Kier alpha value is -2.53. The van der Waals surface area contributed by atoms with Crippen molar-refractivity contribution in [2.24, 2.45) is 0 Å². The van der Waals surface area contributed by atoms with E-state index in [2.05, 4.69) is 12.1 Å². The molecular weight excluding hydrogens is 354 g/mol. The Morgan fingerprint density at radius 2 is 1.79 bits per heavy atom. The largest absolute Gasteiger partial charge is 0.497 e. The average molecular weight is 383 g/mol. The van der Waals surface area contributed by atoms with E-state index in [9.17, 15) is 4.79 Å². The maximum absolute atomic E-state index is 12.6. The highest BCUT2D eigenvalue weighted by Gasteiger charge is 2.23. The molecular formula is C23H29NO4. The molecule has 0 unspecified atom stereocenters. The number of likely N-dealkylation sites (tertiary alicyclic amines) is 1. The molecule has 0 spiro atoms. The molecule has 0 N–H and O–H groups in total. The van der Waals surface area contributed by atoms with Crippen molar-refractivity contribution in [1.29, 1.82) is 0 Å². The molecule has 5 heteroatoms. The summed E-state index contributed by atoms with van der Waals surface area (Å²) in [5.41, 5.74) is 2.18. The van der Waals surface area contributed by atoms with E-state index in [0.29, 0.717) is 19.4 Å². The van der Waals surface area contributed by atoms with Crippen LogP contribution < -0.4 is 9.47 Å². The van der Waals surface area contributed by atoms with Gasteiger partial charge in [0.2, 0.25) is 5.91 Å². The van der Waals surface area contributed by atoms with Gasteiger partial charge >= 0.3 is 0 Å². The Bertz CT molecular complexity index is 754. The van der Waals surface area contributed by atoms with Crippen LogP contribution in [0.2, 0.25) is 0 Å². The number of carbonyl (C=O) groups excluding carboxylic acids is 1. The first-order valence-corrected chi connectivity index (χ1v) is 9.84. The molecule has 0 atom stereocenters. The zero-order chi connectivity index (χ0) is 19.8. The van der Waals surface area contributed by atoms with Crippen LogP contribution in [0.4, 0.5) is 0 Å². The summed E-state index contributed by atoms with van der Waals surface area (Å²) in [6, 6.07) is 15.9. The van der Waals surface area contributed by atoms with E-state index in [-0.39, 0.29) is 12.0 Å². The topological polar surface area (TPSA) is 48.0 Å². The third-order valence-corrected chi connectivity index (χ3v) is 5.22. The Morgan fingerprint density at radius 3 is 2.46 bits per heavy atom. The lowest BCUT2D eigenvalue weighted by molar-refractivity contribution is -0.134. The maximum atomic E-state index is 12.6. The lowest BCUT2D eigenvalue weighted by Gasteiger charge is -2.32. The Morgan fingerprint density at radius 1 is 1.04 bits per heavy atom. The second kappa shape index (κ2) is 10.1. The number of benzene rings is 2. The van der Waals surface area contributed by atoms with Gasteiger partial charge in [0.25, 0.3) is 0 Å². The minimum absolute atomic E-state index is 0.186. The number of methoxy groups -OCH3 is 2. The van der Waals surface area contributed by atoms with Crippen molar-refractivity contribution < 1.29 is 19.0 Å². The van der Waals surface area contributed by atoms with Gasteiger partial charge in [0.1, 0.15) is 11.5 Å². The first-order valence-electron chi connectivity index (χ1n) is 9.84. The number of rotatable bonds is 8. The maximum Gasteiger partial charge on any atom is 0.222 e. The molecule has 0 bridgehead atoms. The van der Waals surface area contributed by atoms with Gasteiger partial charge in [-0.25, -0.2) is 0 Å². The van der Waals surface area contributed by atoms with Crippen molar-refractivity contribution in [1.82, 2.24) is 4.90 Å². The molecule has 1 aliphatic heterocycles. The molecule has 3 rings (SSSR count). The number of nitrogens with zero attached hydrogens (tertiary/aromatic N) is 1. The fraction of sp³-hybridized carbons (Fsp3) is 0.435. The highest BCUT2D eigenvalue weighted by atomic mass is 16.5.